The second kappa shape index (κ2) is 6.71. The van der Waals surface area contributed by atoms with Gasteiger partial charge in [-0.1, -0.05) is 23.7 Å². The third kappa shape index (κ3) is 3.32. The van der Waals surface area contributed by atoms with Gasteiger partial charge in [-0.05, 0) is 42.8 Å². The molecule has 3 aromatic rings. The van der Waals surface area contributed by atoms with E-state index in [2.05, 4.69) is 26.1 Å². The summed E-state index contributed by atoms with van der Waals surface area (Å²) in [5.74, 6) is 1.56. The Morgan fingerprint density at radius 1 is 1.17 bits per heavy atom. The van der Waals surface area contributed by atoms with E-state index >= 15 is 0 Å². The van der Waals surface area contributed by atoms with Crippen LogP contribution in [0, 0.1) is 0 Å². The van der Waals surface area contributed by atoms with Gasteiger partial charge in [0.25, 0.3) is 0 Å². The lowest BCUT2D eigenvalue weighted by atomic mass is 10.1. The lowest BCUT2D eigenvalue weighted by molar-refractivity contribution is 0.320. The molecule has 0 radical (unpaired) electrons. The summed E-state index contributed by atoms with van der Waals surface area (Å²) < 4.78 is 5.87. The van der Waals surface area contributed by atoms with Crippen molar-refractivity contribution in [1.29, 1.82) is 0 Å². The summed E-state index contributed by atoms with van der Waals surface area (Å²) in [4.78, 5) is 6.40. The Labute approximate surface area is 145 Å². The molecule has 2 aromatic heterocycles. The van der Waals surface area contributed by atoms with Gasteiger partial charge in [-0.2, -0.15) is 0 Å². The number of pyridine rings is 1. The molecule has 1 fully saturated rings. The average molecular weight is 341 g/mol. The first-order chi connectivity index (χ1) is 11.8. The molecule has 0 bridgehead atoms. The van der Waals surface area contributed by atoms with Crippen molar-refractivity contribution in [3.05, 3.63) is 65.3 Å². The van der Waals surface area contributed by atoms with Crippen LogP contribution in [0.1, 0.15) is 23.8 Å². The van der Waals surface area contributed by atoms with Crippen molar-refractivity contribution in [3.63, 3.8) is 0 Å². The zero-order chi connectivity index (χ0) is 16.4. The number of hydrogen-bond donors (Lipinski definition) is 0. The fraction of sp³-hybridized carbons (Fsp3) is 0.278. The Morgan fingerprint density at radius 3 is 2.88 bits per heavy atom. The quantitative estimate of drug-likeness (QED) is 0.723. The van der Waals surface area contributed by atoms with Crippen LogP contribution in [0.5, 0.6) is 0 Å². The Balaban J connectivity index is 1.43. The van der Waals surface area contributed by atoms with Gasteiger partial charge >= 0.3 is 0 Å². The summed E-state index contributed by atoms with van der Waals surface area (Å²) in [6.45, 7) is 2.83. The van der Waals surface area contributed by atoms with Crippen LogP contribution in [0.3, 0.4) is 0 Å². The molecule has 4 rings (SSSR count). The topological polar surface area (TPSA) is 55.1 Å². The number of halogens is 1. The van der Waals surface area contributed by atoms with E-state index in [1.54, 1.807) is 12.4 Å². The van der Waals surface area contributed by atoms with Crippen molar-refractivity contribution < 1.29 is 4.42 Å². The zero-order valence-corrected chi connectivity index (χ0v) is 13.9. The third-order valence-electron chi connectivity index (χ3n) is 4.28. The van der Waals surface area contributed by atoms with Crippen LogP contribution >= 0.6 is 11.6 Å². The molecule has 6 heteroatoms. The molecule has 1 atom stereocenters. The molecule has 0 aliphatic carbocycles. The first kappa shape index (κ1) is 15.3. The lowest BCUT2D eigenvalue weighted by Gasteiger charge is -2.15. The number of rotatable bonds is 4. The first-order valence-corrected chi connectivity index (χ1v) is 8.36. The molecule has 5 nitrogen and oxygen atoms in total. The fourth-order valence-electron chi connectivity index (χ4n) is 3.08. The zero-order valence-electron chi connectivity index (χ0n) is 13.1. The number of nitrogens with zero attached hydrogens (tertiary/aromatic N) is 4. The van der Waals surface area contributed by atoms with Crippen LogP contribution in [0.25, 0.3) is 11.5 Å². The van der Waals surface area contributed by atoms with Gasteiger partial charge < -0.3 is 4.42 Å². The molecule has 1 aromatic carbocycles. The highest BCUT2D eigenvalue weighted by Gasteiger charge is 2.28. The van der Waals surface area contributed by atoms with Crippen LogP contribution in [0.15, 0.2) is 53.2 Å². The Morgan fingerprint density at radius 2 is 2.04 bits per heavy atom. The molecule has 0 saturated carbocycles. The number of hydrogen-bond acceptors (Lipinski definition) is 5. The van der Waals surface area contributed by atoms with E-state index in [9.17, 15) is 0 Å². The van der Waals surface area contributed by atoms with Gasteiger partial charge in [0.05, 0.1) is 5.92 Å². The summed E-state index contributed by atoms with van der Waals surface area (Å²) >= 11 is 6.06. The molecule has 1 aliphatic heterocycles. The molecule has 1 aliphatic rings. The molecule has 0 spiro atoms. The monoisotopic (exact) mass is 340 g/mol. The van der Waals surface area contributed by atoms with E-state index in [-0.39, 0.29) is 5.92 Å². The highest BCUT2D eigenvalue weighted by molar-refractivity contribution is 6.30. The predicted molar refractivity (Wildman–Crippen MR) is 91.6 cm³/mol. The van der Waals surface area contributed by atoms with Gasteiger partial charge in [-0.3, -0.25) is 9.88 Å². The van der Waals surface area contributed by atoms with Crippen LogP contribution in [0.4, 0.5) is 0 Å². The van der Waals surface area contributed by atoms with Crippen molar-refractivity contribution >= 4 is 11.6 Å². The summed E-state index contributed by atoms with van der Waals surface area (Å²) in [5, 5.41) is 9.20. The average Bonchev–Trinajstić information content (AvgIpc) is 3.25. The van der Waals surface area contributed by atoms with E-state index in [1.165, 1.54) is 5.56 Å². The molecular formula is C18H17ClN4O. The van der Waals surface area contributed by atoms with Gasteiger partial charge in [-0.25, -0.2) is 0 Å². The SMILES string of the molecule is Clc1cccc(CN2CC[C@H](c3nnc(-c4ccncc4)o3)C2)c1. The first-order valence-electron chi connectivity index (χ1n) is 7.98. The summed E-state index contributed by atoms with van der Waals surface area (Å²) in [5.41, 5.74) is 2.13. The van der Waals surface area contributed by atoms with Gasteiger partial charge in [0, 0.05) is 36.1 Å². The highest BCUT2D eigenvalue weighted by Crippen LogP contribution is 2.29. The maximum Gasteiger partial charge on any atom is 0.247 e. The number of benzene rings is 1. The Bertz CT molecular complexity index is 821. The molecule has 122 valence electrons. The second-order valence-corrected chi connectivity index (χ2v) is 6.47. The fourth-order valence-corrected chi connectivity index (χ4v) is 3.29. The van der Waals surface area contributed by atoms with Gasteiger partial charge in [0.2, 0.25) is 11.8 Å². The van der Waals surface area contributed by atoms with E-state index in [0.717, 1.165) is 42.5 Å². The van der Waals surface area contributed by atoms with Gasteiger partial charge in [0.15, 0.2) is 0 Å². The summed E-state index contributed by atoms with van der Waals surface area (Å²) in [6, 6.07) is 11.8. The third-order valence-corrected chi connectivity index (χ3v) is 4.52. The van der Waals surface area contributed by atoms with Crippen molar-refractivity contribution in [2.45, 2.75) is 18.9 Å². The van der Waals surface area contributed by atoms with Gasteiger partial charge in [-0.15, -0.1) is 10.2 Å². The van der Waals surface area contributed by atoms with Crippen LogP contribution in [-0.4, -0.2) is 33.2 Å². The second-order valence-electron chi connectivity index (χ2n) is 6.03. The molecule has 0 N–H and O–H groups in total. The molecular weight excluding hydrogens is 324 g/mol. The molecule has 3 heterocycles. The molecule has 1 saturated heterocycles. The number of aromatic nitrogens is 3. The summed E-state index contributed by atoms with van der Waals surface area (Å²) in [7, 11) is 0. The van der Waals surface area contributed by atoms with Crippen LogP contribution in [0.2, 0.25) is 5.02 Å². The number of likely N-dealkylation sites (tertiary alicyclic amines) is 1. The van der Waals surface area contributed by atoms with Crippen LogP contribution in [-0.2, 0) is 6.54 Å². The van der Waals surface area contributed by atoms with E-state index < -0.39 is 0 Å². The molecule has 24 heavy (non-hydrogen) atoms. The maximum atomic E-state index is 6.06. The smallest absolute Gasteiger partial charge is 0.247 e. The highest BCUT2D eigenvalue weighted by atomic mass is 35.5. The van der Waals surface area contributed by atoms with Crippen LogP contribution < -0.4 is 0 Å². The molecule has 0 amide bonds. The van der Waals surface area contributed by atoms with Crippen molar-refractivity contribution in [1.82, 2.24) is 20.1 Å². The van der Waals surface area contributed by atoms with E-state index in [0.29, 0.717) is 5.89 Å². The van der Waals surface area contributed by atoms with Crippen molar-refractivity contribution in [3.8, 4) is 11.5 Å². The maximum absolute atomic E-state index is 6.06. The minimum absolute atomic E-state index is 0.285. The standard InChI is InChI=1S/C18H17ClN4O/c19-16-3-1-2-13(10-16)11-23-9-6-15(12-23)18-22-21-17(24-18)14-4-7-20-8-5-14/h1-5,7-8,10,15H,6,9,11-12H2/t15-/m0/s1. The van der Waals surface area contributed by atoms with E-state index in [4.69, 9.17) is 16.0 Å². The Hall–Kier alpha value is -2.24. The van der Waals surface area contributed by atoms with Gasteiger partial charge in [0.1, 0.15) is 0 Å². The van der Waals surface area contributed by atoms with Crippen molar-refractivity contribution in [2.75, 3.05) is 13.1 Å². The normalized spacial score (nSPS) is 18.1. The van der Waals surface area contributed by atoms with E-state index in [1.807, 2.05) is 30.3 Å². The minimum atomic E-state index is 0.285. The molecule has 0 unspecified atom stereocenters. The lowest BCUT2D eigenvalue weighted by Crippen LogP contribution is -2.19. The predicted octanol–water partition coefficient (Wildman–Crippen LogP) is 3.77. The minimum Gasteiger partial charge on any atom is -0.420 e. The largest absolute Gasteiger partial charge is 0.420 e. The summed E-state index contributed by atoms with van der Waals surface area (Å²) in [6.07, 6.45) is 4.47. The Kier molecular flexibility index (Phi) is 4.28. The van der Waals surface area contributed by atoms with Crippen molar-refractivity contribution in [2.24, 2.45) is 0 Å².